The Hall–Kier alpha value is -2.14. The lowest BCUT2D eigenvalue weighted by Crippen LogP contribution is -2.38. The summed E-state index contributed by atoms with van der Waals surface area (Å²) in [5, 5.41) is 3.23. The summed E-state index contributed by atoms with van der Waals surface area (Å²) in [6, 6.07) is 6.64. The highest BCUT2D eigenvalue weighted by atomic mass is 35.5. The van der Waals surface area contributed by atoms with Crippen LogP contribution in [0, 0.1) is 11.8 Å². The molecular formula is C16H15ClN2O3. The van der Waals surface area contributed by atoms with E-state index in [1.54, 1.807) is 24.3 Å². The average Bonchev–Trinajstić information content (AvgIpc) is 2.75. The highest BCUT2D eigenvalue weighted by Crippen LogP contribution is 2.34. The predicted molar refractivity (Wildman–Crippen MR) is 82.2 cm³/mol. The fourth-order valence-corrected chi connectivity index (χ4v) is 3.03. The minimum atomic E-state index is -0.393. The molecule has 2 aliphatic rings. The summed E-state index contributed by atoms with van der Waals surface area (Å²) in [6.07, 6.45) is 4.99. The summed E-state index contributed by atoms with van der Waals surface area (Å²) < 4.78 is 0. The van der Waals surface area contributed by atoms with E-state index >= 15 is 0 Å². The number of hydrogen-bond donors (Lipinski definition) is 1. The molecule has 1 aromatic carbocycles. The Balaban J connectivity index is 1.65. The number of benzene rings is 1. The molecule has 3 rings (SSSR count). The summed E-state index contributed by atoms with van der Waals surface area (Å²) >= 11 is 5.78. The van der Waals surface area contributed by atoms with Gasteiger partial charge in [0, 0.05) is 10.7 Å². The summed E-state index contributed by atoms with van der Waals surface area (Å²) in [5.74, 6) is -1.49. The molecule has 6 heteroatoms. The third-order valence-electron chi connectivity index (χ3n) is 4.03. The number of anilines is 1. The van der Waals surface area contributed by atoms with Gasteiger partial charge in [-0.3, -0.25) is 19.3 Å². The van der Waals surface area contributed by atoms with Crippen LogP contribution >= 0.6 is 11.6 Å². The Kier molecular flexibility index (Phi) is 3.98. The predicted octanol–water partition coefficient (Wildman–Crippen LogP) is 2.23. The Morgan fingerprint density at radius 2 is 1.64 bits per heavy atom. The first-order chi connectivity index (χ1) is 10.6. The van der Waals surface area contributed by atoms with Gasteiger partial charge < -0.3 is 5.32 Å². The fourth-order valence-electron chi connectivity index (χ4n) is 2.90. The first kappa shape index (κ1) is 14.8. The van der Waals surface area contributed by atoms with Crippen molar-refractivity contribution in [1.82, 2.24) is 4.90 Å². The molecule has 0 unspecified atom stereocenters. The van der Waals surface area contributed by atoms with Gasteiger partial charge in [0.1, 0.15) is 6.54 Å². The van der Waals surface area contributed by atoms with Gasteiger partial charge in [0.25, 0.3) is 0 Å². The van der Waals surface area contributed by atoms with Crippen LogP contribution in [0.1, 0.15) is 12.8 Å². The average molecular weight is 319 g/mol. The monoisotopic (exact) mass is 318 g/mol. The van der Waals surface area contributed by atoms with E-state index < -0.39 is 5.91 Å². The van der Waals surface area contributed by atoms with Crippen LogP contribution in [0.2, 0.25) is 5.02 Å². The number of halogens is 1. The SMILES string of the molecule is O=C(CN1C(=O)[C@H]2CC=CC[C@@H]2C1=O)Nc1ccc(Cl)cc1. The van der Waals surface area contributed by atoms with Crippen LogP contribution in [0.5, 0.6) is 0 Å². The van der Waals surface area contributed by atoms with Crippen molar-refractivity contribution in [2.24, 2.45) is 11.8 Å². The Labute approximate surface area is 132 Å². The van der Waals surface area contributed by atoms with Gasteiger partial charge in [-0.05, 0) is 37.1 Å². The van der Waals surface area contributed by atoms with Crippen molar-refractivity contribution in [1.29, 1.82) is 0 Å². The Morgan fingerprint density at radius 1 is 1.09 bits per heavy atom. The molecule has 0 saturated carbocycles. The number of imide groups is 1. The maximum atomic E-state index is 12.3. The van der Waals surface area contributed by atoms with Gasteiger partial charge in [0.2, 0.25) is 17.7 Å². The number of nitrogens with zero attached hydrogens (tertiary/aromatic N) is 1. The second kappa shape index (κ2) is 5.93. The van der Waals surface area contributed by atoms with Crippen LogP contribution in [-0.4, -0.2) is 29.2 Å². The van der Waals surface area contributed by atoms with Crippen LogP contribution in [0.15, 0.2) is 36.4 Å². The Bertz CT molecular complexity index is 628. The number of allylic oxidation sites excluding steroid dienone is 2. The molecule has 0 spiro atoms. The van der Waals surface area contributed by atoms with Gasteiger partial charge in [0.05, 0.1) is 11.8 Å². The van der Waals surface area contributed by atoms with Crippen molar-refractivity contribution in [3.63, 3.8) is 0 Å². The van der Waals surface area contributed by atoms with E-state index in [0.29, 0.717) is 23.6 Å². The van der Waals surface area contributed by atoms with Crippen molar-refractivity contribution in [2.75, 3.05) is 11.9 Å². The minimum Gasteiger partial charge on any atom is -0.325 e. The number of fused-ring (bicyclic) bond motifs is 1. The Morgan fingerprint density at radius 3 is 2.18 bits per heavy atom. The maximum absolute atomic E-state index is 12.3. The number of rotatable bonds is 3. The smallest absolute Gasteiger partial charge is 0.244 e. The number of carbonyl (C=O) groups excluding carboxylic acids is 3. The molecule has 1 aliphatic heterocycles. The van der Waals surface area contributed by atoms with Gasteiger partial charge in [-0.1, -0.05) is 23.8 Å². The molecule has 2 atom stereocenters. The first-order valence-corrected chi connectivity index (χ1v) is 7.49. The molecule has 5 nitrogen and oxygen atoms in total. The number of amides is 3. The summed E-state index contributed by atoms with van der Waals surface area (Å²) in [6.45, 7) is -0.243. The van der Waals surface area contributed by atoms with Crippen molar-refractivity contribution in [3.8, 4) is 0 Å². The van der Waals surface area contributed by atoms with Gasteiger partial charge in [0.15, 0.2) is 0 Å². The topological polar surface area (TPSA) is 66.5 Å². The molecule has 1 fully saturated rings. The van der Waals surface area contributed by atoms with Crippen LogP contribution in [0.4, 0.5) is 5.69 Å². The van der Waals surface area contributed by atoms with Crippen molar-refractivity contribution >= 4 is 35.0 Å². The van der Waals surface area contributed by atoms with E-state index in [2.05, 4.69) is 5.32 Å². The van der Waals surface area contributed by atoms with E-state index in [1.165, 1.54) is 0 Å². The maximum Gasteiger partial charge on any atom is 0.244 e. The zero-order valence-corrected chi connectivity index (χ0v) is 12.5. The standard InChI is InChI=1S/C16H15ClN2O3/c17-10-5-7-11(8-6-10)18-14(20)9-19-15(21)12-3-1-2-4-13(12)16(19)22/h1-2,5-8,12-13H,3-4,9H2,(H,18,20)/t12-,13-/m0/s1. The van der Waals surface area contributed by atoms with Crippen LogP contribution in [-0.2, 0) is 14.4 Å². The molecule has 0 aromatic heterocycles. The van der Waals surface area contributed by atoms with Gasteiger partial charge in [-0.2, -0.15) is 0 Å². The number of likely N-dealkylation sites (tertiary alicyclic amines) is 1. The lowest BCUT2D eigenvalue weighted by molar-refractivity contribution is -0.142. The van der Waals surface area contributed by atoms with E-state index in [1.807, 2.05) is 12.2 Å². The van der Waals surface area contributed by atoms with Crippen LogP contribution in [0.3, 0.4) is 0 Å². The summed E-state index contributed by atoms with van der Waals surface area (Å²) in [5.41, 5.74) is 0.576. The molecule has 1 N–H and O–H groups in total. The van der Waals surface area contributed by atoms with Crippen LogP contribution in [0.25, 0.3) is 0 Å². The molecule has 114 valence electrons. The molecule has 22 heavy (non-hydrogen) atoms. The second-order valence-electron chi connectivity index (χ2n) is 5.47. The lowest BCUT2D eigenvalue weighted by atomic mass is 9.85. The molecule has 1 aromatic rings. The molecular weight excluding hydrogens is 304 g/mol. The zero-order valence-electron chi connectivity index (χ0n) is 11.8. The molecule has 0 radical (unpaired) electrons. The lowest BCUT2D eigenvalue weighted by Gasteiger charge is -2.14. The van der Waals surface area contributed by atoms with Gasteiger partial charge >= 0.3 is 0 Å². The van der Waals surface area contributed by atoms with E-state index in [4.69, 9.17) is 11.6 Å². The minimum absolute atomic E-state index is 0.243. The van der Waals surface area contributed by atoms with Crippen molar-refractivity contribution < 1.29 is 14.4 Å². The molecule has 1 aliphatic carbocycles. The zero-order chi connectivity index (χ0) is 15.7. The third-order valence-corrected chi connectivity index (χ3v) is 4.28. The second-order valence-corrected chi connectivity index (χ2v) is 5.91. The molecule has 1 heterocycles. The normalized spacial score (nSPS) is 23.6. The van der Waals surface area contributed by atoms with E-state index in [0.717, 1.165) is 4.90 Å². The molecule has 1 saturated heterocycles. The van der Waals surface area contributed by atoms with E-state index in [-0.39, 0.29) is 30.2 Å². The number of nitrogens with one attached hydrogen (secondary N) is 1. The van der Waals surface area contributed by atoms with E-state index in [9.17, 15) is 14.4 Å². The first-order valence-electron chi connectivity index (χ1n) is 7.12. The largest absolute Gasteiger partial charge is 0.325 e. The highest BCUT2D eigenvalue weighted by molar-refractivity contribution is 6.30. The van der Waals surface area contributed by atoms with Gasteiger partial charge in [-0.15, -0.1) is 0 Å². The number of hydrogen-bond acceptors (Lipinski definition) is 3. The van der Waals surface area contributed by atoms with Crippen LogP contribution < -0.4 is 5.32 Å². The van der Waals surface area contributed by atoms with Crippen molar-refractivity contribution in [2.45, 2.75) is 12.8 Å². The molecule has 0 bridgehead atoms. The third kappa shape index (κ3) is 2.76. The number of carbonyl (C=O) groups is 3. The fraction of sp³-hybridized carbons (Fsp3) is 0.312. The quantitative estimate of drug-likeness (QED) is 0.686. The molecule has 3 amide bonds. The summed E-state index contributed by atoms with van der Waals surface area (Å²) in [4.78, 5) is 37.6. The van der Waals surface area contributed by atoms with Gasteiger partial charge in [-0.25, -0.2) is 0 Å². The highest BCUT2D eigenvalue weighted by Gasteiger charge is 2.47. The van der Waals surface area contributed by atoms with Crippen molar-refractivity contribution in [3.05, 3.63) is 41.4 Å². The summed E-state index contributed by atoms with van der Waals surface area (Å²) in [7, 11) is 0.